The minimum atomic E-state index is -8.86. The lowest BCUT2D eigenvalue weighted by Gasteiger charge is -2.42. The van der Waals surface area contributed by atoms with E-state index in [0.29, 0.717) is 4.72 Å². The third-order valence-corrected chi connectivity index (χ3v) is 6.85. The Balaban J connectivity index is 5.95. The van der Waals surface area contributed by atoms with Gasteiger partial charge in [-0.3, -0.25) is 0 Å². The second-order valence-corrected chi connectivity index (χ2v) is 10.7. The average molecular weight is 673 g/mol. The number of aliphatic hydroxyl groups excluding tert-OH is 1. The predicted octanol–water partition coefficient (Wildman–Crippen LogP) is 4.35. The Bertz CT molecular complexity index is 984. The van der Waals surface area contributed by atoms with Gasteiger partial charge < -0.3 is 14.3 Å². The molecule has 0 atom stereocenters. The molecule has 0 aliphatic heterocycles. The fourth-order valence-electron chi connectivity index (χ4n) is 2.59. The predicted molar refractivity (Wildman–Crippen MR) is 102 cm³/mol. The molecular formula is C17H22F17N2O4S+. The summed E-state index contributed by atoms with van der Waals surface area (Å²) in [4.78, 5) is 0. The smallest absolute Gasteiger partial charge is 0.391 e. The number of ether oxygens (including phenoxy) is 1. The maximum Gasteiger partial charge on any atom is 0.460 e. The Hall–Kier alpha value is -1.40. The molecule has 0 aromatic rings. The minimum absolute atomic E-state index is 0.123. The van der Waals surface area contributed by atoms with Crippen molar-refractivity contribution in [2.75, 3.05) is 53.6 Å². The van der Waals surface area contributed by atoms with Crippen LogP contribution in [0.15, 0.2) is 0 Å². The van der Waals surface area contributed by atoms with Crippen LogP contribution in [0.3, 0.4) is 0 Å². The molecule has 41 heavy (non-hydrogen) atoms. The number of hydrogen-bond acceptors (Lipinski definition) is 4. The number of likely N-dealkylation sites (N-methyl/N-ethyl adjacent to an activating group) is 1. The van der Waals surface area contributed by atoms with E-state index in [0.717, 1.165) is 0 Å². The van der Waals surface area contributed by atoms with E-state index < -0.39 is 76.6 Å². The van der Waals surface area contributed by atoms with Crippen LogP contribution in [0.1, 0.15) is 6.42 Å². The number of sulfonamides is 1. The SMILES string of the molecule is C[N+](C)(CCO)CCOCCCNS(=O)(=O)C(F)(F)C(F)(F)C(F)(F)C(F)(F)C(F)(F)C(F)(F)C(F)(F)C(F)(F)F. The summed E-state index contributed by atoms with van der Waals surface area (Å²) in [6.07, 6.45) is -8.60. The molecule has 0 fully saturated rings. The van der Waals surface area contributed by atoms with Crippen LogP contribution in [0, 0.1) is 0 Å². The van der Waals surface area contributed by atoms with Crippen LogP contribution >= 0.6 is 0 Å². The molecule has 0 spiro atoms. The van der Waals surface area contributed by atoms with Crippen molar-refractivity contribution in [1.82, 2.24) is 4.72 Å². The van der Waals surface area contributed by atoms with Gasteiger partial charge in [-0.2, -0.15) is 74.6 Å². The van der Waals surface area contributed by atoms with Gasteiger partial charge in [-0.25, -0.2) is 13.1 Å². The number of quaternary nitrogens is 1. The zero-order valence-corrected chi connectivity index (χ0v) is 21.2. The van der Waals surface area contributed by atoms with E-state index in [2.05, 4.69) is 0 Å². The van der Waals surface area contributed by atoms with Crippen molar-refractivity contribution in [1.29, 1.82) is 0 Å². The monoisotopic (exact) mass is 673 g/mol. The summed E-state index contributed by atoms with van der Waals surface area (Å²) >= 11 is 0. The van der Waals surface area contributed by atoms with Crippen molar-refractivity contribution < 1.29 is 97.4 Å². The van der Waals surface area contributed by atoms with Crippen LogP contribution in [0.5, 0.6) is 0 Å². The van der Waals surface area contributed by atoms with Gasteiger partial charge in [-0.15, -0.1) is 0 Å². The highest BCUT2D eigenvalue weighted by Crippen LogP contribution is 2.64. The number of aliphatic hydroxyl groups is 1. The van der Waals surface area contributed by atoms with Crippen molar-refractivity contribution >= 4 is 10.0 Å². The molecule has 0 bridgehead atoms. The zero-order valence-electron chi connectivity index (χ0n) is 20.4. The molecule has 0 unspecified atom stereocenters. The maximum atomic E-state index is 13.9. The molecule has 0 radical (unpaired) electrons. The lowest BCUT2D eigenvalue weighted by molar-refractivity contribution is -0.891. The lowest BCUT2D eigenvalue weighted by Crippen LogP contribution is -2.75. The summed E-state index contributed by atoms with van der Waals surface area (Å²) in [5, 5.41) is 1.25. The maximum absolute atomic E-state index is 13.9. The van der Waals surface area contributed by atoms with Gasteiger partial charge in [0.05, 0.1) is 27.3 Å². The lowest BCUT2D eigenvalue weighted by atomic mass is 9.91. The highest BCUT2D eigenvalue weighted by molar-refractivity contribution is 7.90. The van der Waals surface area contributed by atoms with Gasteiger partial charge in [0.2, 0.25) is 0 Å². The first-order valence-electron chi connectivity index (χ1n) is 10.5. The fraction of sp³-hybridized carbons (Fsp3) is 1.00. The van der Waals surface area contributed by atoms with Gasteiger partial charge in [0.25, 0.3) is 10.0 Å². The third-order valence-electron chi connectivity index (χ3n) is 5.33. The zero-order chi connectivity index (χ0) is 33.4. The molecule has 0 aromatic carbocycles. The van der Waals surface area contributed by atoms with Crippen molar-refractivity contribution in [2.24, 2.45) is 0 Å². The van der Waals surface area contributed by atoms with Crippen molar-refractivity contribution in [3.8, 4) is 0 Å². The van der Waals surface area contributed by atoms with Gasteiger partial charge in [0.15, 0.2) is 0 Å². The second kappa shape index (κ2) is 11.9. The average Bonchev–Trinajstić information content (AvgIpc) is 2.76. The van der Waals surface area contributed by atoms with E-state index in [4.69, 9.17) is 9.84 Å². The van der Waals surface area contributed by atoms with Crippen molar-refractivity contribution in [3.63, 3.8) is 0 Å². The molecule has 0 aliphatic carbocycles. The van der Waals surface area contributed by atoms with Crippen LogP contribution in [0.4, 0.5) is 74.6 Å². The molecule has 0 amide bonds. The number of rotatable bonds is 17. The van der Waals surface area contributed by atoms with Crippen LogP contribution in [-0.4, -0.2) is 119 Å². The van der Waals surface area contributed by atoms with Crippen LogP contribution in [0.2, 0.25) is 0 Å². The van der Waals surface area contributed by atoms with E-state index in [1.54, 1.807) is 14.1 Å². The molecule has 0 heterocycles. The summed E-state index contributed by atoms with van der Waals surface area (Å²) in [7, 11) is -4.07. The topological polar surface area (TPSA) is 75.6 Å². The van der Waals surface area contributed by atoms with Gasteiger partial charge in [-0.05, 0) is 6.42 Å². The summed E-state index contributed by atoms with van der Waals surface area (Å²) in [5.74, 6) is -51.7. The molecule has 0 saturated carbocycles. The van der Waals surface area contributed by atoms with Crippen molar-refractivity contribution in [3.05, 3.63) is 0 Å². The Morgan fingerprint density at radius 3 is 1.41 bits per heavy atom. The number of halogens is 17. The Morgan fingerprint density at radius 1 is 0.634 bits per heavy atom. The van der Waals surface area contributed by atoms with Crippen LogP contribution in [0.25, 0.3) is 0 Å². The first-order chi connectivity index (χ1) is 17.8. The summed E-state index contributed by atoms with van der Waals surface area (Å²) in [6.45, 7) is -1.85. The summed E-state index contributed by atoms with van der Waals surface area (Å²) < 4.78 is 254. The Labute approximate surface area is 220 Å². The molecule has 248 valence electrons. The summed E-state index contributed by atoms with van der Waals surface area (Å²) in [5.41, 5.74) is 0. The van der Waals surface area contributed by atoms with Crippen LogP contribution in [-0.2, 0) is 14.8 Å². The highest BCUT2D eigenvalue weighted by Gasteiger charge is 2.96. The van der Waals surface area contributed by atoms with Crippen LogP contribution < -0.4 is 4.72 Å². The van der Waals surface area contributed by atoms with E-state index in [9.17, 15) is 83.1 Å². The summed E-state index contributed by atoms with van der Waals surface area (Å²) in [6, 6.07) is 0. The number of nitrogens with zero attached hydrogens (tertiary/aromatic N) is 1. The fourth-order valence-corrected chi connectivity index (χ4v) is 3.65. The Kier molecular flexibility index (Phi) is 11.5. The first kappa shape index (κ1) is 39.6. The van der Waals surface area contributed by atoms with E-state index in [1.165, 1.54) is 0 Å². The number of hydrogen-bond donors (Lipinski definition) is 2. The van der Waals surface area contributed by atoms with E-state index >= 15 is 0 Å². The highest BCUT2D eigenvalue weighted by atomic mass is 32.2. The molecular weight excluding hydrogens is 651 g/mol. The Morgan fingerprint density at radius 2 is 1.02 bits per heavy atom. The first-order valence-corrected chi connectivity index (χ1v) is 12.0. The molecule has 2 N–H and O–H groups in total. The van der Waals surface area contributed by atoms with Gasteiger partial charge in [0, 0.05) is 13.2 Å². The third kappa shape index (κ3) is 6.89. The number of alkyl halides is 17. The molecule has 0 saturated heterocycles. The van der Waals surface area contributed by atoms with Gasteiger partial charge in [0.1, 0.15) is 13.1 Å². The second-order valence-electron chi connectivity index (χ2n) is 8.93. The van der Waals surface area contributed by atoms with E-state index in [-0.39, 0.29) is 30.8 Å². The van der Waals surface area contributed by atoms with Gasteiger partial charge in [-0.1, -0.05) is 0 Å². The standard InChI is InChI=1S/C17H22F17N2O4S/c1-36(2,5-7-37)6-9-40-8-3-4-35-41(38,39)17(33,34)15(28,29)13(24,25)11(20,21)10(18,19)12(22,23)14(26,27)16(30,31)32/h35,37H,3-9H2,1-2H3/q+1. The molecule has 0 rings (SSSR count). The number of nitrogens with one attached hydrogen (secondary N) is 1. The normalized spacial score (nSPS) is 15.9. The largest absolute Gasteiger partial charge is 0.460 e. The quantitative estimate of drug-likeness (QED) is 0.137. The molecule has 6 nitrogen and oxygen atoms in total. The molecule has 0 aliphatic rings. The molecule has 0 aromatic heterocycles. The minimum Gasteiger partial charge on any atom is -0.391 e. The van der Waals surface area contributed by atoms with E-state index in [1.807, 2.05) is 0 Å². The van der Waals surface area contributed by atoms with Gasteiger partial charge >= 0.3 is 47.0 Å². The molecule has 24 heteroatoms. The van der Waals surface area contributed by atoms with Crippen molar-refractivity contribution in [2.45, 2.75) is 53.4 Å².